The molecule has 0 aliphatic carbocycles. The second-order valence-electron chi connectivity index (χ2n) is 2.40. The lowest BCUT2D eigenvalue weighted by Gasteiger charge is -2.07. The minimum absolute atomic E-state index is 0.211. The molecule has 0 aromatic heterocycles. The third-order valence-corrected chi connectivity index (χ3v) is 1.73. The predicted molar refractivity (Wildman–Crippen MR) is 35.7 cm³/mol. The molecule has 0 saturated carbocycles. The second kappa shape index (κ2) is 2.21. The third kappa shape index (κ3) is 0.969. The molecule has 0 aromatic carbocycles. The van der Waals surface area contributed by atoms with Gasteiger partial charge >= 0.3 is 0 Å². The first-order valence-electron chi connectivity index (χ1n) is 3.18. The van der Waals surface area contributed by atoms with Gasteiger partial charge in [0.15, 0.2) is 0 Å². The van der Waals surface area contributed by atoms with Crippen LogP contribution in [0, 0.1) is 5.92 Å². The highest BCUT2D eigenvalue weighted by atomic mass is 16.2. The summed E-state index contributed by atoms with van der Waals surface area (Å²) in [6, 6.07) is 0. The number of likely N-dealkylation sites (tertiary alicyclic amines) is 1. The summed E-state index contributed by atoms with van der Waals surface area (Å²) < 4.78 is 0. The number of carbonyl (C=O) groups is 1. The summed E-state index contributed by atoms with van der Waals surface area (Å²) in [5, 5.41) is 0. The van der Waals surface area contributed by atoms with E-state index in [0.717, 1.165) is 13.0 Å². The highest BCUT2D eigenvalue weighted by Crippen LogP contribution is 2.16. The fourth-order valence-electron chi connectivity index (χ4n) is 1.03. The zero-order valence-electron chi connectivity index (χ0n) is 5.63. The molecule has 1 amide bonds. The van der Waals surface area contributed by atoms with Crippen molar-refractivity contribution in [3.63, 3.8) is 0 Å². The van der Waals surface area contributed by atoms with Crippen LogP contribution in [-0.4, -0.2) is 17.4 Å². The van der Waals surface area contributed by atoms with Gasteiger partial charge in [-0.1, -0.05) is 13.5 Å². The van der Waals surface area contributed by atoms with Crippen molar-refractivity contribution in [2.75, 3.05) is 6.54 Å². The van der Waals surface area contributed by atoms with Crippen molar-refractivity contribution >= 4 is 5.91 Å². The van der Waals surface area contributed by atoms with E-state index in [4.69, 9.17) is 0 Å². The van der Waals surface area contributed by atoms with Crippen molar-refractivity contribution in [2.45, 2.75) is 13.3 Å². The van der Waals surface area contributed by atoms with E-state index in [2.05, 4.69) is 6.58 Å². The zero-order valence-corrected chi connectivity index (χ0v) is 5.63. The molecule has 0 unspecified atom stereocenters. The molecule has 0 aromatic rings. The molecule has 50 valence electrons. The monoisotopic (exact) mass is 125 g/mol. The van der Waals surface area contributed by atoms with E-state index in [9.17, 15) is 4.79 Å². The van der Waals surface area contributed by atoms with Crippen LogP contribution in [0.3, 0.4) is 0 Å². The van der Waals surface area contributed by atoms with E-state index in [1.54, 1.807) is 11.1 Å². The lowest BCUT2D eigenvalue weighted by Crippen LogP contribution is -2.19. The zero-order chi connectivity index (χ0) is 6.85. The Morgan fingerprint density at radius 1 is 1.89 bits per heavy atom. The van der Waals surface area contributed by atoms with E-state index in [1.807, 2.05) is 6.92 Å². The van der Waals surface area contributed by atoms with Crippen LogP contribution in [0.1, 0.15) is 13.3 Å². The fraction of sp³-hybridized carbons (Fsp3) is 0.571. The fourth-order valence-corrected chi connectivity index (χ4v) is 1.03. The first-order chi connectivity index (χ1) is 4.25. The third-order valence-electron chi connectivity index (χ3n) is 1.73. The largest absolute Gasteiger partial charge is 0.319 e. The van der Waals surface area contributed by atoms with Crippen molar-refractivity contribution < 1.29 is 4.79 Å². The highest BCUT2D eigenvalue weighted by molar-refractivity contribution is 5.81. The van der Waals surface area contributed by atoms with Crippen LogP contribution in [0.5, 0.6) is 0 Å². The standard InChI is InChI=1S/C7H11NO/c1-3-8-5-4-6(2)7(8)9/h3,6H,1,4-5H2,2H3/t6-/m1/s1. The van der Waals surface area contributed by atoms with Crippen LogP contribution in [0.2, 0.25) is 0 Å². The van der Waals surface area contributed by atoms with Crippen molar-refractivity contribution in [3.05, 3.63) is 12.8 Å². The van der Waals surface area contributed by atoms with E-state index in [-0.39, 0.29) is 11.8 Å². The molecule has 1 aliphatic heterocycles. The average molecular weight is 125 g/mol. The molecular formula is C7H11NO. The topological polar surface area (TPSA) is 20.3 Å². The Morgan fingerprint density at radius 2 is 2.56 bits per heavy atom. The van der Waals surface area contributed by atoms with Crippen LogP contribution >= 0.6 is 0 Å². The lowest BCUT2D eigenvalue weighted by atomic mass is 10.1. The molecule has 2 heteroatoms. The van der Waals surface area contributed by atoms with Gasteiger partial charge in [-0.15, -0.1) is 0 Å². The van der Waals surface area contributed by atoms with Gasteiger partial charge in [-0.3, -0.25) is 4.79 Å². The molecular weight excluding hydrogens is 114 g/mol. The van der Waals surface area contributed by atoms with Gasteiger partial charge in [0, 0.05) is 12.5 Å². The minimum Gasteiger partial charge on any atom is -0.319 e. The summed E-state index contributed by atoms with van der Waals surface area (Å²) in [5.41, 5.74) is 0. The smallest absolute Gasteiger partial charge is 0.229 e. The summed E-state index contributed by atoms with van der Waals surface area (Å²) in [7, 11) is 0. The van der Waals surface area contributed by atoms with Gasteiger partial charge in [0.2, 0.25) is 5.91 Å². The number of rotatable bonds is 1. The maximum atomic E-state index is 11.0. The van der Waals surface area contributed by atoms with Crippen LogP contribution in [-0.2, 0) is 4.79 Å². The Balaban J connectivity index is 2.61. The normalized spacial score (nSPS) is 27.0. The van der Waals surface area contributed by atoms with Gasteiger partial charge in [-0.2, -0.15) is 0 Å². The first-order valence-corrected chi connectivity index (χ1v) is 3.18. The van der Waals surface area contributed by atoms with Crippen molar-refractivity contribution in [1.82, 2.24) is 4.90 Å². The highest BCUT2D eigenvalue weighted by Gasteiger charge is 2.25. The molecule has 1 saturated heterocycles. The molecule has 1 fully saturated rings. The summed E-state index contributed by atoms with van der Waals surface area (Å²) in [6.45, 7) is 6.33. The van der Waals surface area contributed by atoms with Crippen LogP contribution in [0.15, 0.2) is 12.8 Å². The molecule has 1 heterocycles. The quantitative estimate of drug-likeness (QED) is 0.512. The van der Waals surface area contributed by atoms with E-state index in [1.165, 1.54) is 0 Å². The molecule has 2 nitrogen and oxygen atoms in total. The molecule has 1 atom stereocenters. The Morgan fingerprint density at radius 3 is 2.78 bits per heavy atom. The number of hydrogen-bond donors (Lipinski definition) is 0. The average Bonchev–Trinajstić information content (AvgIpc) is 2.15. The van der Waals surface area contributed by atoms with Gasteiger partial charge in [0.25, 0.3) is 0 Å². The van der Waals surface area contributed by atoms with Gasteiger partial charge in [-0.05, 0) is 12.6 Å². The molecule has 0 N–H and O–H groups in total. The first kappa shape index (κ1) is 6.33. The number of nitrogens with zero attached hydrogens (tertiary/aromatic N) is 1. The van der Waals surface area contributed by atoms with Gasteiger partial charge in [0.05, 0.1) is 0 Å². The maximum absolute atomic E-state index is 11.0. The summed E-state index contributed by atoms with van der Waals surface area (Å²) in [4.78, 5) is 12.7. The number of amides is 1. The van der Waals surface area contributed by atoms with Crippen LogP contribution in [0.25, 0.3) is 0 Å². The number of carbonyl (C=O) groups excluding carboxylic acids is 1. The minimum atomic E-state index is 0.211. The predicted octanol–water partition coefficient (Wildman–Crippen LogP) is 0.998. The van der Waals surface area contributed by atoms with E-state index in [0.29, 0.717) is 0 Å². The van der Waals surface area contributed by atoms with Crippen LogP contribution < -0.4 is 0 Å². The van der Waals surface area contributed by atoms with Gasteiger partial charge < -0.3 is 4.90 Å². The van der Waals surface area contributed by atoms with E-state index >= 15 is 0 Å². The van der Waals surface area contributed by atoms with Crippen LogP contribution in [0.4, 0.5) is 0 Å². The van der Waals surface area contributed by atoms with Gasteiger partial charge in [-0.25, -0.2) is 0 Å². The summed E-state index contributed by atoms with van der Waals surface area (Å²) in [5.74, 6) is 0.424. The molecule has 0 bridgehead atoms. The Kier molecular flexibility index (Phi) is 1.56. The molecule has 9 heavy (non-hydrogen) atoms. The Labute approximate surface area is 55.2 Å². The number of hydrogen-bond acceptors (Lipinski definition) is 1. The molecule has 0 spiro atoms. The van der Waals surface area contributed by atoms with E-state index < -0.39 is 0 Å². The maximum Gasteiger partial charge on any atom is 0.229 e. The Bertz CT molecular complexity index is 142. The second-order valence-corrected chi connectivity index (χ2v) is 2.40. The lowest BCUT2D eigenvalue weighted by molar-refractivity contribution is -0.128. The van der Waals surface area contributed by atoms with Gasteiger partial charge in [0.1, 0.15) is 0 Å². The summed E-state index contributed by atoms with van der Waals surface area (Å²) >= 11 is 0. The van der Waals surface area contributed by atoms with Crippen molar-refractivity contribution in [1.29, 1.82) is 0 Å². The molecule has 1 rings (SSSR count). The molecule has 0 radical (unpaired) electrons. The van der Waals surface area contributed by atoms with Crippen molar-refractivity contribution in [3.8, 4) is 0 Å². The SMILES string of the molecule is C=CN1CC[C@@H](C)C1=O. The van der Waals surface area contributed by atoms with Crippen molar-refractivity contribution in [2.24, 2.45) is 5.92 Å². The summed E-state index contributed by atoms with van der Waals surface area (Å²) in [6.07, 6.45) is 2.58. The Hall–Kier alpha value is -0.790. The molecule has 1 aliphatic rings.